The lowest BCUT2D eigenvalue weighted by Crippen LogP contribution is -2.52. The zero-order chi connectivity index (χ0) is 13.7. The van der Waals surface area contributed by atoms with Crippen LogP contribution >= 0.6 is 0 Å². The van der Waals surface area contributed by atoms with Gasteiger partial charge in [0.15, 0.2) is 0 Å². The van der Waals surface area contributed by atoms with Crippen molar-refractivity contribution in [3.05, 3.63) is 0 Å². The molecule has 18 heavy (non-hydrogen) atoms. The minimum atomic E-state index is -0.996. The van der Waals surface area contributed by atoms with Gasteiger partial charge in [0.1, 0.15) is 6.04 Å². The second kappa shape index (κ2) is 6.58. The molecular weight excluding hydrogens is 234 g/mol. The van der Waals surface area contributed by atoms with Crippen LogP contribution in [-0.4, -0.2) is 53.7 Å². The molecule has 1 aliphatic heterocycles. The number of aliphatic carboxylic acids is 1. The topological polar surface area (TPSA) is 81.7 Å². The number of carboxylic acids is 1. The van der Waals surface area contributed by atoms with E-state index in [0.29, 0.717) is 12.5 Å². The molecule has 3 N–H and O–H groups in total. The van der Waals surface area contributed by atoms with Gasteiger partial charge in [-0.1, -0.05) is 6.92 Å². The summed E-state index contributed by atoms with van der Waals surface area (Å²) in [6.45, 7) is 4.80. The standard InChI is InChI=1S/C12H23N3O3/c1-4-10(11(16)17)14-12(18)13-9-5-6-15(3)8(2)7-9/h8-10H,4-7H2,1-3H3,(H,16,17)(H2,13,14,18)/t8?,9?,10-/m1/s1. The molecule has 0 saturated carbocycles. The van der Waals surface area contributed by atoms with E-state index in [-0.39, 0.29) is 12.1 Å². The maximum atomic E-state index is 11.7. The number of likely N-dealkylation sites (tertiary alicyclic amines) is 1. The molecule has 0 aliphatic carbocycles. The summed E-state index contributed by atoms with van der Waals surface area (Å²) in [5.41, 5.74) is 0. The maximum Gasteiger partial charge on any atom is 0.326 e. The van der Waals surface area contributed by atoms with Gasteiger partial charge in [0.25, 0.3) is 0 Å². The van der Waals surface area contributed by atoms with Gasteiger partial charge in [0.2, 0.25) is 0 Å². The molecule has 0 aromatic rings. The van der Waals surface area contributed by atoms with E-state index in [9.17, 15) is 9.59 Å². The van der Waals surface area contributed by atoms with Crippen LogP contribution < -0.4 is 10.6 Å². The minimum Gasteiger partial charge on any atom is -0.480 e. The number of amides is 2. The van der Waals surface area contributed by atoms with E-state index in [1.54, 1.807) is 6.92 Å². The fraction of sp³-hybridized carbons (Fsp3) is 0.833. The smallest absolute Gasteiger partial charge is 0.326 e. The zero-order valence-corrected chi connectivity index (χ0v) is 11.3. The second-order valence-electron chi connectivity index (χ2n) is 4.97. The molecule has 1 aliphatic rings. The predicted molar refractivity (Wildman–Crippen MR) is 68.5 cm³/mol. The fourth-order valence-corrected chi connectivity index (χ4v) is 2.14. The number of carbonyl (C=O) groups excluding carboxylic acids is 1. The van der Waals surface area contributed by atoms with Gasteiger partial charge < -0.3 is 20.6 Å². The molecule has 0 bridgehead atoms. The highest BCUT2D eigenvalue weighted by molar-refractivity contribution is 5.82. The number of hydrogen-bond acceptors (Lipinski definition) is 3. The Kier molecular flexibility index (Phi) is 5.40. The largest absolute Gasteiger partial charge is 0.480 e. The normalized spacial score (nSPS) is 26.4. The first-order chi connectivity index (χ1) is 8.43. The number of hydrogen-bond donors (Lipinski definition) is 3. The molecule has 2 unspecified atom stereocenters. The van der Waals surface area contributed by atoms with Crippen LogP contribution in [0.1, 0.15) is 33.1 Å². The lowest BCUT2D eigenvalue weighted by molar-refractivity contribution is -0.139. The summed E-state index contributed by atoms with van der Waals surface area (Å²) >= 11 is 0. The summed E-state index contributed by atoms with van der Waals surface area (Å²) in [5, 5.41) is 14.2. The molecule has 1 saturated heterocycles. The summed E-state index contributed by atoms with van der Waals surface area (Å²) in [4.78, 5) is 24.7. The average Bonchev–Trinajstić information content (AvgIpc) is 2.30. The monoisotopic (exact) mass is 257 g/mol. The summed E-state index contributed by atoms with van der Waals surface area (Å²) in [5.74, 6) is -0.996. The number of carbonyl (C=O) groups is 2. The number of nitrogens with zero attached hydrogens (tertiary/aromatic N) is 1. The molecule has 1 fully saturated rings. The first-order valence-electron chi connectivity index (χ1n) is 6.44. The van der Waals surface area contributed by atoms with Crippen molar-refractivity contribution in [1.82, 2.24) is 15.5 Å². The number of rotatable bonds is 4. The van der Waals surface area contributed by atoms with Crippen LogP contribution in [0.5, 0.6) is 0 Å². The zero-order valence-electron chi connectivity index (χ0n) is 11.3. The predicted octanol–water partition coefficient (Wildman–Crippen LogP) is 0.631. The molecule has 6 heteroatoms. The molecule has 104 valence electrons. The van der Waals surface area contributed by atoms with Crippen molar-refractivity contribution in [2.75, 3.05) is 13.6 Å². The van der Waals surface area contributed by atoms with Gasteiger partial charge in [0, 0.05) is 18.6 Å². The van der Waals surface area contributed by atoms with E-state index < -0.39 is 12.0 Å². The fourth-order valence-electron chi connectivity index (χ4n) is 2.14. The van der Waals surface area contributed by atoms with Crippen LogP contribution in [-0.2, 0) is 4.79 Å². The van der Waals surface area contributed by atoms with E-state index in [1.165, 1.54) is 0 Å². The summed E-state index contributed by atoms with van der Waals surface area (Å²) in [7, 11) is 2.07. The van der Waals surface area contributed by atoms with Crippen LogP contribution in [0.25, 0.3) is 0 Å². The van der Waals surface area contributed by atoms with Crippen molar-refractivity contribution in [3.63, 3.8) is 0 Å². The van der Waals surface area contributed by atoms with Gasteiger partial charge in [-0.2, -0.15) is 0 Å². The first-order valence-corrected chi connectivity index (χ1v) is 6.44. The molecule has 3 atom stereocenters. The molecule has 2 amide bonds. The molecule has 0 radical (unpaired) electrons. The Morgan fingerprint density at radius 3 is 2.67 bits per heavy atom. The van der Waals surface area contributed by atoms with Crippen molar-refractivity contribution < 1.29 is 14.7 Å². The Balaban J connectivity index is 2.38. The van der Waals surface area contributed by atoms with Crippen LogP contribution in [0.2, 0.25) is 0 Å². The van der Waals surface area contributed by atoms with E-state index in [2.05, 4.69) is 29.5 Å². The number of piperidine rings is 1. The van der Waals surface area contributed by atoms with E-state index in [1.807, 2.05) is 0 Å². The lowest BCUT2D eigenvalue weighted by atomic mass is 9.99. The van der Waals surface area contributed by atoms with Crippen LogP contribution in [0, 0.1) is 0 Å². The van der Waals surface area contributed by atoms with Crippen LogP contribution in [0.15, 0.2) is 0 Å². The Bertz CT molecular complexity index is 309. The van der Waals surface area contributed by atoms with Crippen LogP contribution in [0.4, 0.5) is 4.79 Å². The third-order valence-corrected chi connectivity index (χ3v) is 3.56. The molecule has 6 nitrogen and oxygen atoms in total. The highest BCUT2D eigenvalue weighted by Gasteiger charge is 2.25. The highest BCUT2D eigenvalue weighted by atomic mass is 16.4. The van der Waals surface area contributed by atoms with Gasteiger partial charge in [-0.25, -0.2) is 9.59 Å². The van der Waals surface area contributed by atoms with E-state index >= 15 is 0 Å². The highest BCUT2D eigenvalue weighted by Crippen LogP contribution is 2.15. The van der Waals surface area contributed by atoms with Gasteiger partial charge in [-0.05, 0) is 33.2 Å². The molecule has 0 aromatic heterocycles. The first kappa shape index (κ1) is 14.8. The van der Waals surface area contributed by atoms with Gasteiger partial charge in [-0.3, -0.25) is 0 Å². The van der Waals surface area contributed by atoms with Crippen molar-refractivity contribution in [1.29, 1.82) is 0 Å². The lowest BCUT2D eigenvalue weighted by Gasteiger charge is -2.35. The Hall–Kier alpha value is -1.30. The van der Waals surface area contributed by atoms with Gasteiger partial charge in [0.05, 0.1) is 0 Å². The second-order valence-corrected chi connectivity index (χ2v) is 4.97. The molecule has 1 heterocycles. The maximum absolute atomic E-state index is 11.7. The Morgan fingerprint density at radius 2 is 2.17 bits per heavy atom. The summed E-state index contributed by atoms with van der Waals surface area (Å²) in [6, 6.07) is -0.632. The van der Waals surface area contributed by atoms with Gasteiger partial charge in [-0.15, -0.1) is 0 Å². The quantitative estimate of drug-likeness (QED) is 0.690. The van der Waals surface area contributed by atoms with Gasteiger partial charge >= 0.3 is 12.0 Å². The average molecular weight is 257 g/mol. The van der Waals surface area contributed by atoms with Crippen molar-refractivity contribution >= 4 is 12.0 Å². The van der Waals surface area contributed by atoms with Crippen molar-refractivity contribution in [3.8, 4) is 0 Å². The third-order valence-electron chi connectivity index (χ3n) is 3.56. The van der Waals surface area contributed by atoms with E-state index in [4.69, 9.17) is 5.11 Å². The minimum absolute atomic E-state index is 0.127. The Morgan fingerprint density at radius 1 is 1.50 bits per heavy atom. The Labute approximate surface area is 108 Å². The molecule has 0 aromatic carbocycles. The van der Waals surface area contributed by atoms with E-state index in [0.717, 1.165) is 19.4 Å². The van der Waals surface area contributed by atoms with Crippen molar-refractivity contribution in [2.24, 2.45) is 0 Å². The summed E-state index contributed by atoms with van der Waals surface area (Å²) in [6.07, 6.45) is 2.18. The summed E-state index contributed by atoms with van der Waals surface area (Å²) < 4.78 is 0. The number of carboxylic acid groups (broad SMARTS) is 1. The molecule has 0 spiro atoms. The number of urea groups is 1. The van der Waals surface area contributed by atoms with Crippen LogP contribution in [0.3, 0.4) is 0 Å². The third kappa shape index (κ3) is 4.18. The molecular formula is C12H23N3O3. The van der Waals surface area contributed by atoms with Crippen molar-refractivity contribution in [2.45, 2.75) is 51.2 Å². The number of nitrogens with one attached hydrogen (secondary N) is 2. The molecule has 1 rings (SSSR count). The SMILES string of the molecule is CC[C@@H](NC(=O)NC1CCN(C)C(C)C1)C(=O)O.